The first-order valence-corrected chi connectivity index (χ1v) is 7.45. The Morgan fingerprint density at radius 2 is 2.26 bits per heavy atom. The van der Waals surface area contributed by atoms with E-state index in [1.807, 2.05) is 0 Å². The standard InChI is InChI=1S/C12H17FN2O3S/c1-18-9-5-6-15(8-9)19(16,17)12-4-2-3-11(13)10(12)7-14/h2-4,9H,5-8,14H2,1H3. The topological polar surface area (TPSA) is 72.6 Å². The average molecular weight is 288 g/mol. The van der Waals surface area contributed by atoms with Crippen LogP contribution in [0, 0.1) is 5.82 Å². The molecule has 0 radical (unpaired) electrons. The van der Waals surface area contributed by atoms with Crippen molar-refractivity contribution in [3.05, 3.63) is 29.6 Å². The second-order valence-electron chi connectivity index (χ2n) is 4.43. The summed E-state index contributed by atoms with van der Waals surface area (Å²) in [5, 5.41) is 0. The number of sulfonamides is 1. The normalized spacial score (nSPS) is 20.9. The number of hydrogen-bond acceptors (Lipinski definition) is 4. The molecule has 1 fully saturated rings. The smallest absolute Gasteiger partial charge is 0.243 e. The number of ether oxygens (including phenoxy) is 1. The summed E-state index contributed by atoms with van der Waals surface area (Å²) in [6.45, 7) is 0.517. The first kappa shape index (κ1) is 14.4. The predicted molar refractivity (Wildman–Crippen MR) is 68.5 cm³/mol. The van der Waals surface area contributed by atoms with Gasteiger partial charge < -0.3 is 10.5 Å². The van der Waals surface area contributed by atoms with Crippen molar-refractivity contribution in [3.63, 3.8) is 0 Å². The fourth-order valence-electron chi connectivity index (χ4n) is 2.23. The Kier molecular flexibility index (Phi) is 4.19. The molecule has 0 spiro atoms. The zero-order valence-corrected chi connectivity index (χ0v) is 11.5. The molecule has 5 nitrogen and oxygen atoms in total. The van der Waals surface area contributed by atoms with Gasteiger partial charge in [-0.15, -0.1) is 0 Å². The summed E-state index contributed by atoms with van der Waals surface area (Å²) >= 11 is 0. The minimum absolute atomic E-state index is 0.0309. The summed E-state index contributed by atoms with van der Waals surface area (Å²) in [6, 6.07) is 3.98. The van der Waals surface area contributed by atoms with Crippen LogP contribution < -0.4 is 5.73 Å². The molecule has 2 rings (SSSR count). The van der Waals surface area contributed by atoms with Crippen molar-refractivity contribution in [1.82, 2.24) is 4.31 Å². The molecule has 1 heterocycles. The molecule has 1 saturated heterocycles. The Balaban J connectivity index is 2.38. The van der Waals surface area contributed by atoms with Crippen LogP contribution in [0.3, 0.4) is 0 Å². The van der Waals surface area contributed by atoms with Crippen molar-refractivity contribution >= 4 is 10.0 Å². The lowest BCUT2D eigenvalue weighted by atomic mass is 10.2. The Morgan fingerprint density at radius 3 is 2.84 bits per heavy atom. The maximum Gasteiger partial charge on any atom is 0.243 e. The summed E-state index contributed by atoms with van der Waals surface area (Å²) < 4.78 is 45.0. The molecule has 106 valence electrons. The van der Waals surface area contributed by atoms with E-state index in [0.29, 0.717) is 19.5 Å². The molecule has 0 bridgehead atoms. The number of rotatable bonds is 4. The Labute approximate surface area is 112 Å². The summed E-state index contributed by atoms with van der Waals surface area (Å²) in [5.74, 6) is -0.592. The molecule has 1 aromatic carbocycles. The van der Waals surface area contributed by atoms with Gasteiger partial charge in [0.05, 0.1) is 11.0 Å². The van der Waals surface area contributed by atoms with Crippen molar-refractivity contribution in [3.8, 4) is 0 Å². The fourth-order valence-corrected chi connectivity index (χ4v) is 3.96. The highest BCUT2D eigenvalue weighted by Crippen LogP contribution is 2.26. The average Bonchev–Trinajstić information content (AvgIpc) is 2.87. The van der Waals surface area contributed by atoms with Gasteiger partial charge in [-0.3, -0.25) is 0 Å². The lowest BCUT2D eigenvalue weighted by molar-refractivity contribution is 0.115. The molecule has 0 saturated carbocycles. The number of nitrogens with two attached hydrogens (primary N) is 1. The van der Waals surface area contributed by atoms with Crippen LogP contribution in [0.1, 0.15) is 12.0 Å². The van der Waals surface area contributed by atoms with Crippen molar-refractivity contribution in [2.75, 3.05) is 20.2 Å². The highest BCUT2D eigenvalue weighted by molar-refractivity contribution is 7.89. The van der Waals surface area contributed by atoms with E-state index in [1.165, 1.54) is 22.5 Å². The lowest BCUT2D eigenvalue weighted by Crippen LogP contribution is -2.31. The van der Waals surface area contributed by atoms with Crippen molar-refractivity contribution in [2.24, 2.45) is 5.73 Å². The van der Waals surface area contributed by atoms with Crippen molar-refractivity contribution < 1.29 is 17.5 Å². The van der Waals surface area contributed by atoms with Gasteiger partial charge in [0.15, 0.2) is 0 Å². The number of halogens is 1. The largest absolute Gasteiger partial charge is 0.380 e. The lowest BCUT2D eigenvalue weighted by Gasteiger charge is -2.18. The third-order valence-electron chi connectivity index (χ3n) is 3.34. The van der Waals surface area contributed by atoms with Gasteiger partial charge in [0.1, 0.15) is 5.82 Å². The van der Waals surface area contributed by atoms with Crippen molar-refractivity contribution in [2.45, 2.75) is 24.0 Å². The SMILES string of the molecule is COC1CCN(S(=O)(=O)c2cccc(F)c2CN)C1. The number of hydrogen-bond donors (Lipinski definition) is 1. The Morgan fingerprint density at radius 1 is 1.53 bits per heavy atom. The molecule has 1 unspecified atom stereocenters. The van der Waals surface area contributed by atoms with Gasteiger partial charge >= 0.3 is 0 Å². The first-order chi connectivity index (χ1) is 9.00. The van der Waals surface area contributed by atoms with E-state index in [0.717, 1.165) is 0 Å². The van der Waals surface area contributed by atoms with Crippen LogP contribution in [0.5, 0.6) is 0 Å². The monoisotopic (exact) mass is 288 g/mol. The summed E-state index contributed by atoms with van der Waals surface area (Å²) in [7, 11) is -2.16. The highest BCUT2D eigenvalue weighted by atomic mass is 32.2. The van der Waals surface area contributed by atoms with E-state index < -0.39 is 15.8 Å². The second-order valence-corrected chi connectivity index (χ2v) is 6.34. The molecule has 1 aromatic rings. The van der Waals surface area contributed by atoms with E-state index in [2.05, 4.69) is 0 Å². The summed E-state index contributed by atoms with van der Waals surface area (Å²) in [4.78, 5) is -0.0493. The zero-order chi connectivity index (χ0) is 14.0. The van der Waals surface area contributed by atoms with Gasteiger partial charge in [-0.2, -0.15) is 4.31 Å². The Bertz CT molecular complexity index is 562. The first-order valence-electron chi connectivity index (χ1n) is 6.01. The van der Waals surface area contributed by atoms with Gasteiger partial charge in [-0.25, -0.2) is 12.8 Å². The minimum atomic E-state index is -3.71. The van der Waals surface area contributed by atoms with Crippen LogP contribution in [-0.2, 0) is 21.3 Å². The number of methoxy groups -OCH3 is 1. The highest BCUT2D eigenvalue weighted by Gasteiger charge is 2.34. The molecule has 0 aliphatic carbocycles. The van der Waals surface area contributed by atoms with Crippen LogP contribution in [0.25, 0.3) is 0 Å². The van der Waals surface area contributed by atoms with Gasteiger partial charge in [0.25, 0.3) is 0 Å². The summed E-state index contributed by atoms with van der Waals surface area (Å²) in [6.07, 6.45) is 0.535. The van der Waals surface area contributed by atoms with Crippen molar-refractivity contribution in [1.29, 1.82) is 0 Å². The molecule has 0 aromatic heterocycles. The van der Waals surface area contributed by atoms with Gasteiger partial charge in [-0.1, -0.05) is 6.07 Å². The van der Waals surface area contributed by atoms with Gasteiger partial charge in [0.2, 0.25) is 10.0 Å². The molecule has 1 aliphatic heterocycles. The third kappa shape index (κ3) is 2.64. The molecular weight excluding hydrogens is 271 g/mol. The van der Waals surface area contributed by atoms with E-state index >= 15 is 0 Å². The van der Waals surface area contributed by atoms with E-state index in [4.69, 9.17) is 10.5 Å². The van der Waals surface area contributed by atoms with Crippen LogP contribution >= 0.6 is 0 Å². The fraction of sp³-hybridized carbons (Fsp3) is 0.500. The quantitative estimate of drug-likeness (QED) is 0.885. The number of benzene rings is 1. The summed E-state index contributed by atoms with van der Waals surface area (Å²) in [5.41, 5.74) is 5.48. The zero-order valence-electron chi connectivity index (χ0n) is 10.7. The molecule has 19 heavy (non-hydrogen) atoms. The molecule has 1 aliphatic rings. The van der Waals surface area contributed by atoms with Crippen LogP contribution in [0.15, 0.2) is 23.1 Å². The third-order valence-corrected chi connectivity index (χ3v) is 5.29. The van der Waals surface area contributed by atoms with E-state index in [1.54, 1.807) is 7.11 Å². The van der Waals surface area contributed by atoms with Gasteiger partial charge in [0, 0.05) is 32.3 Å². The maximum atomic E-state index is 13.6. The predicted octanol–water partition coefficient (Wildman–Crippen LogP) is 0.694. The molecule has 7 heteroatoms. The van der Waals surface area contributed by atoms with E-state index in [9.17, 15) is 12.8 Å². The second kappa shape index (κ2) is 5.54. The maximum absolute atomic E-state index is 13.6. The molecular formula is C12H17FN2O3S. The minimum Gasteiger partial charge on any atom is -0.380 e. The number of nitrogens with zero attached hydrogens (tertiary/aromatic N) is 1. The Hall–Kier alpha value is -1.02. The van der Waals surface area contributed by atoms with Gasteiger partial charge in [-0.05, 0) is 18.6 Å². The van der Waals surface area contributed by atoms with Crippen LogP contribution in [0.2, 0.25) is 0 Å². The molecule has 2 N–H and O–H groups in total. The molecule has 1 atom stereocenters. The van der Waals surface area contributed by atoms with Crippen LogP contribution in [0.4, 0.5) is 4.39 Å². The molecule has 0 amide bonds. The van der Waals surface area contributed by atoms with Crippen LogP contribution in [-0.4, -0.2) is 39.0 Å². The van der Waals surface area contributed by atoms with E-state index in [-0.39, 0.29) is 23.1 Å².